The Hall–Kier alpha value is -2.38. The molecule has 0 amide bonds. The van der Waals surface area contributed by atoms with Gasteiger partial charge in [0, 0.05) is 50.5 Å². The molecule has 0 saturated carbocycles. The van der Waals surface area contributed by atoms with Gasteiger partial charge in [-0.15, -0.1) is 0 Å². The highest BCUT2D eigenvalue weighted by Crippen LogP contribution is 2.25. The van der Waals surface area contributed by atoms with Crippen LogP contribution in [0.2, 0.25) is 5.02 Å². The molecule has 0 aromatic heterocycles. The number of halogens is 1. The Kier molecular flexibility index (Phi) is 7.71. The van der Waals surface area contributed by atoms with Crippen molar-refractivity contribution in [2.45, 2.75) is 38.6 Å². The summed E-state index contributed by atoms with van der Waals surface area (Å²) < 4.78 is 5.24. The van der Waals surface area contributed by atoms with Gasteiger partial charge in [0.1, 0.15) is 5.75 Å². The first-order valence-electron chi connectivity index (χ1n) is 11.6. The fraction of sp³-hybridized carbons (Fsp3) is 0.423. The van der Waals surface area contributed by atoms with Crippen LogP contribution in [0, 0.1) is 0 Å². The van der Waals surface area contributed by atoms with Crippen molar-refractivity contribution in [3.8, 4) is 5.75 Å². The number of piperazine rings is 1. The smallest absolute Gasteiger partial charge is 0.182 e. The minimum absolute atomic E-state index is 0.548. The topological polar surface area (TPSA) is 60.9 Å². The van der Waals surface area contributed by atoms with E-state index in [9.17, 15) is 0 Å². The normalized spacial score (nSPS) is 23.2. The fourth-order valence-electron chi connectivity index (χ4n) is 4.34. The van der Waals surface area contributed by atoms with Gasteiger partial charge in [-0.25, -0.2) is 4.99 Å². The predicted octanol–water partition coefficient (Wildman–Crippen LogP) is 3.55. The van der Waals surface area contributed by atoms with Gasteiger partial charge in [0.05, 0.1) is 17.8 Å². The first-order chi connectivity index (χ1) is 16.0. The molecule has 2 heterocycles. The van der Waals surface area contributed by atoms with Gasteiger partial charge in [0.2, 0.25) is 0 Å². The largest absolute Gasteiger partial charge is 0.495 e. The first kappa shape index (κ1) is 23.8. The van der Waals surface area contributed by atoms with E-state index in [1.54, 1.807) is 7.11 Å². The van der Waals surface area contributed by atoms with Crippen molar-refractivity contribution < 1.29 is 4.74 Å². The number of rotatable bonds is 8. The van der Waals surface area contributed by atoms with E-state index in [1.165, 1.54) is 5.56 Å². The molecule has 33 heavy (non-hydrogen) atoms. The molecule has 2 aromatic rings. The van der Waals surface area contributed by atoms with Gasteiger partial charge in [-0.3, -0.25) is 10.2 Å². The zero-order valence-electron chi connectivity index (χ0n) is 19.7. The second kappa shape index (κ2) is 10.7. The number of methoxy groups -OCH3 is 1. The van der Waals surface area contributed by atoms with Crippen LogP contribution in [0.1, 0.15) is 30.5 Å². The van der Waals surface area contributed by atoms with Crippen molar-refractivity contribution in [3.63, 3.8) is 0 Å². The maximum atomic E-state index is 6.26. The third-order valence-electron chi connectivity index (χ3n) is 6.30. The summed E-state index contributed by atoms with van der Waals surface area (Å²) in [6.07, 6.45) is 4.86. The minimum atomic E-state index is -0.566. The van der Waals surface area contributed by atoms with Crippen molar-refractivity contribution in [2.24, 2.45) is 4.99 Å². The average Bonchev–Trinajstić information content (AvgIpc) is 2.81. The molecule has 0 radical (unpaired) electrons. The predicted molar refractivity (Wildman–Crippen MR) is 136 cm³/mol. The van der Waals surface area contributed by atoms with Crippen molar-refractivity contribution >= 4 is 17.3 Å². The monoisotopic (exact) mass is 467 g/mol. The lowest BCUT2D eigenvalue weighted by Gasteiger charge is -2.34. The molecule has 0 aliphatic carbocycles. The van der Waals surface area contributed by atoms with E-state index in [1.807, 2.05) is 30.5 Å². The molecule has 1 unspecified atom stereocenters. The standard InChI is InChI=1S/C26H34ClN5O/c1-19-17-28-13-14-32(19)18-21-5-4-6-22(15-21)24-10-12-30-26(2,31-24)29-11-9-20-7-8-25(33-3)23(27)16-20/h4-8,10,12,15-16,19,28-30H,9,11,13-14,17-18H2,1-3H3/t19-,26?/m0/s1. The molecule has 7 heteroatoms. The second-order valence-electron chi connectivity index (χ2n) is 8.92. The number of hydrogen-bond acceptors (Lipinski definition) is 6. The van der Waals surface area contributed by atoms with Crippen molar-refractivity contribution in [1.82, 2.24) is 20.9 Å². The molecule has 6 nitrogen and oxygen atoms in total. The Morgan fingerprint density at radius 2 is 2.12 bits per heavy atom. The summed E-state index contributed by atoms with van der Waals surface area (Å²) in [5, 5.41) is 11.0. The van der Waals surface area contributed by atoms with Crippen LogP contribution >= 0.6 is 11.6 Å². The third kappa shape index (κ3) is 6.15. The van der Waals surface area contributed by atoms with E-state index in [-0.39, 0.29) is 0 Å². The zero-order chi connectivity index (χ0) is 23.3. The lowest BCUT2D eigenvalue weighted by Crippen LogP contribution is -2.53. The van der Waals surface area contributed by atoms with Crippen LogP contribution in [-0.4, -0.2) is 55.7 Å². The summed E-state index contributed by atoms with van der Waals surface area (Å²) in [7, 11) is 1.63. The summed E-state index contributed by atoms with van der Waals surface area (Å²) in [6, 6.07) is 15.2. The minimum Gasteiger partial charge on any atom is -0.495 e. The molecule has 2 aromatic carbocycles. The number of nitrogens with one attached hydrogen (secondary N) is 3. The van der Waals surface area contributed by atoms with Crippen LogP contribution in [0.5, 0.6) is 5.75 Å². The lowest BCUT2D eigenvalue weighted by atomic mass is 10.0. The van der Waals surface area contributed by atoms with Crippen LogP contribution in [0.15, 0.2) is 59.7 Å². The van der Waals surface area contributed by atoms with Gasteiger partial charge in [-0.1, -0.05) is 35.9 Å². The Morgan fingerprint density at radius 3 is 2.91 bits per heavy atom. The molecule has 1 saturated heterocycles. The number of ether oxygens (including phenoxy) is 1. The molecule has 0 spiro atoms. The first-order valence-corrected chi connectivity index (χ1v) is 12.0. The van der Waals surface area contributed by atoms with E-state index in [0.29, 0.717) is 16.8 Å². The Balaban J connectivity index is 1.40. The fourth-order valence-corrected chi connectivity index (χ4v) is 4.62. The summed E-state index contributed by atoms with van der Waals surface area (Å²) in [5.41, 5.74) is 4.60. The quantitative estimate of drug-likeness (QED) is 0.554. The molecule has 2 atom stereocenters. The van der Waals surface area contributed by atoms with E-state index < -0.39 is 5.79 Å². The average molecular weight is 468 g/mol. The Morgan fingerprint density at radius 1 is 1.24 bits per heavy atom. The van der Waals surface area contributed by atoms with Crippen LogP contribution in [0.25, 0.3) is 0 Å². The third-order valence-corrected chi connectivity index (χ3v) is 6.59. The van der Waals surface area contributed by atoms with Crippen molar-refractivity contribution in [2.75, 3.05) is 33.3 Å². The van der Waals surface area contributed by atoms with E-state index in [2.05, 4.69) is 59.0 Å². The van der Waals surface area contributed by atoms with Gasteiger partial charge < -0.3 is 15.4 Å². The van der Waals surface area contributed by atoms with Crippen LogP contribution < -0.4 is 20.7 Å². The number of aliphatic imine (C=N–C) groups is 1. The number of benzene rings is 2. The Labute approximate surface area is 202 Å². The zero-order valence-corrected chi connectivity index (χ0v) is 20.5. The SMILES string of the molecule is COc1ccc(CCNC2(C)N=C(c3cccc(CN4CCNC[C@@H]4C)c3)C=CN2)cc1Cl. The highest BCUT2D eigenvalue weighted by Gasteiger charge is 2.24. The second-order valence-corrected chi connectivity index (χ2v) is 9.32. The number of hydrogen-bond donors (Lipinski definition) is 3. The van der Waals surface area contributed by atoms with Gasteiger partial charge in [-0.05, 0) is 55.7 Å². The molecule has 2 aliphatic heterocycles. The van der Waals surface area contributed by atoms with E-state index >= 15 is 0 Å². The molecule has 176 valence electrons. The summed E-state index contributed by atoms with van der Waals surface area (Å²) in [6.45, 7) is 9.25. The number of allylic oxidation sites excluding steroid dienone is 1. The summed E-state index contributed by atoms with van der Waals surface area (Å²) in [5.74, 6) is 0.131. The molecule has 3 N–H and O–H groups in total. The van der Waals surface area contributed by atoms with Gasteiger partial charge >= 0.3 is 0 Å². The number of nitrogens with zero attached hydrogens (tertiary/aromatic N) is 2. The van der Waals surface area contributed by atoms with Gasteiger partial charge in [0.25, 0.3) is 0 Å². The van der Waals surface area contributed by atoms with Gasteiger partial charge in [0.15, 0.2) is 5.79 Å². The molecule has 4 rings (SSSR count). The highest BCUT2D eigenvalue weighted by molar-refractivity contribution is 6.32. The molecular formula is C26H34ClN5O. The summed E-state index contributed by atoms with van der Waals surface area (Å²) in [4.78, 5) is 7.54. The van der Waals surface area contributed by atoms with Crippen molar-refractivity contribution in [3.05, 3.63) is 76.5 Å². The van der Waals surface area contributed by atoms with Gasteiger partial charge in [-0.2, -0.15) is 0 Å². The highest BCUT2D eigenvalue weighted by atomic mass is 35.5. The Bertz CT molecular complexity index is 1020. The lowest BCUT2D eigenvalue weighted by molar-refractivity contribution is 0.165. The molecule has 1 fully saturated rings. The maximum Gasteiger partial charge on any atom is 0.182 e. The van der Waals surface area contributed by atoms with Crippen LogP contribution in [-0.2, 0) is 13.0 Å². The molecule has 0 bridgehead atoms. The van der Waals surface area contributed by atoms with Crippen LogP contribution in [0.3, 0.4) is 0 Å². The summed E-state index contributed by atoms with van der Waals surface area (Å²) >= 11 is 6.26. The molecule has 2 aliphatic rings. The van der Waals surface area contributed by atoms with E-state index in [0.717, 1.165) is 56.0 Å². The van der Waals surface area contributed by atoms with Crippen LogP contribution in [0.4, 0.5) is 0 Å². The van der Waals surface area contributed by atoms with Crippen molar-refractivity contribution in [1.29, 1.82) is 0 Å². The van der Waals surface area contributed by atoms with E-state index in [4.69, 9.17) is 21.3 Å². The maximum absolute atomic E-state index is 6.26. The molecular weight excluding hydrogens is 434 g/mol.